The van der Waals surface area contributed by atoms with E-state index in [-0.39, 0.29) is 18.1 Å². The van der Waals surface area contributed by atoms with Gasteiger partial charge < -0.3 is 15.1 Å². The van der Waals surface area contributed by atoms with Gasteiger partial charge in [0.2, 0.25) is 0 Å². The predicted octanol–water partition coefficient (Wildman–Crippen LogP) is 1.53. The molecule has 2 atom stereocenters. The highest BCUT2D eigenvalue weighted by Gasteiger charge is 2.31. The van der Waals surface area contributed by atoms with E-state index in [0.29, 0.717) is 5.56 Å². The van der Waals surface area contributed by atoms with Crippen molar-refractivity contribution in [2.45, 2.75) is 32.4 Å². The molecule has 1 aliphatic rings. The summed E-state index contributed by atoms with van der Waals surface area (Å²) in [5.41, 5.74) is 5.07. The molecule has 1 heterocycles. The molecule has 104 valence electrons. The molecule has 5 nitrogen and oxygen atoms in total. The maximum absolute atomic E-state index is 12.4. The highest BCUT2D eigenvalue weighted by molar-refractivity contribution is 5.95. The van der Waals surface area contributed by atoms with Crippen LogP contribution in [0.15, 0.2) is 18.2 Å². The summed E-state index contributed by atoms with van der Waals surface area (Å²) in [6.45, 7) is 4.65. The van der Waals surface area contributed by atoms with Crippen LogP contribution < -0.4 is 11.3 Å². The lowest BCUT2D eigenvalue weighted by atomic mass is 10.1. The highest BCUT2D eigenvalue weighted by atomic mass is 16.5. The summed E-state index contributed by atoms with van der Waals surface area (Å²) in [6, 6.07) is 5.63. The van der Waals surface area contributed by atoms with Gasteiger partial charge in [0.05, 0.1) is 17.8 Å². The first kappa shape index (κ1) is 13.8. The summed E-state index contributed by atoms with van der Waals surface area (Å²) in [5, 5.41) is 0. The average molecular weight is 263 g/mol. The van der Waals surface area contributed by atoms with Crippen molar-refractivity contribution in [2.24, 2.45) is 5.84 Å². The van der Waals surface area contributed by atoms with Crippen LogP contribution in [0.4, 0.5) is 5.69 Å². The number of carbonyl (C=O) groups is 1. The summed E-state index contributed by atoms with van der Waals surface area (Å²) in [7, 11) is 1.84. The number of likely N-dealkylation sites (N-methyl/N-ethyl adjacent to an activating group) is 1. The first-order chi connectivity index (χ1) is 9.04. The number of rotatable bonds is 3. The number of ether oxygens (including phenoxy) is 1. The van der Waals surface area contributed by atoms with Crippen molar-refractivity contribution < 1.29 is 9.53 Å². The number of carbonyl (C=O) groups excluding carboxylic acids is 1. The third-order valence-corrected chi connectivity index (χ3v) is 3.78. The Morgan fingerprint density at radius 1 is 1.53 bits per heavy atom. The monoisotopic (exact) mass is 263 g/mol. The van der Waals surface area contributed by atoms with Gasteiger partial charge in [-0.05, 0) is 44.0 Å². The van der Waals surface area contributed by atoms with Crippen LogP contribution in [0.1, 0.15) is 29.3 Å². The van der Waals surface area contributed by atoms with E-state index in [1.165, 1.54) is 0 Å². The molecule has 1 aliphatic heterocycles. The number of nitrogens with zero attached hydrogens (tertiary/aromatic N) is 1. The molecule has 0 aliphatic carbocycles. The number of anilines is 1. The third kappa shape index (κ3) is 2.72. The largest absolute Gasteiger partial charge is 0.376 e. The fraction of sp³-hybridized carbons (Fsp3) is 0.500. The maximum Gasteiger partial charge on any atom is 0.253 e. The molecular formula is C14H21N3O2. The van der Waals surface area contributed by atoms with E-state index in [9.17, 15) is 4.79 Å². The number of nitrogen functional groups attached to an aromatic ring is 1. The first-order valence-electron chi connectivity index (χ1n) is 6.50. The molecule has 1 amide bonds. The Hall–Kier alpha value is -1.59. The molecule has 1 aromatic carbocycles. The molecule has 0 aromatic heterocycles. The van der Waals surface area contributed by atoms with E-state index in [4.69, 9.17) is 10.6 Å². The van der Waals surface area contributed by atoms with Crippen molar-refractivity contribution in [3.63, 3.8) is 0 Å². The van der Waals surface area contributed by atoms with Crippen LogP contribution in [-0.4, -0.2) is 36.6 Å². The smallest absolute Gasteiger partial charge is 0.253 e. The fourth-order valence-corrected chi connectivity index (χ4v) is 2.54. The van der Waals surface area contributed by atoms with Crippen LogP contribution in [-0.2, 0) is 4.74 Å². The van der Waals surface area contributed by atoms with Gasteiger partial charge in [0.1, 0.15) is 0 Å². The van der Waals surface area contributed by atoms with Crippen molar-refractivity contribution in [1.29, 1.82) is 0 Å². The molecule has 0 spiro atoms. The number of nitrogens with one attached hydrogen (secondary N) is 1. The standard InChI is InChI=1S/C14H21N3O2/c1-9-8-11(4-5-12(9)16-15)14(18)17(3)13-6-7-19-10(13)2/h4-5,8,10,13,16H,6-7,15H2,1-3H3. The molecule has 2 rings (SSSR count). The Kier molecular flexibility index (Phi) is 4.07. The van der Waals surface area contributed by atoms with Crippen LogP contribution >= 0.6 is 0 Å². The molecule has 3 N–H and O–H groups in total. The van der Waals surface area contributed by atoms with Gasteiger partial charge in [-0.1, -0.05) is 0 Å². The second-order valence-electron chi connectivity index (χ2n) is 5.02. The van der Waals surface area contributed by atoms with Crippen LogP contribution in [0.5, 0.6) is 0 Å². The van der Waals surface area contributed by atoms with E-state index in [0.717, 1.165) is 24.3 Å². The van der Waals surface area contributed by atoms with Crippen LogP contribution in [0.3, 0.4) is 0 Å². The minimum Gasteiger partial charge on any atom is -0.376 e. The second kappa shape index (κ2) is 5.59. The van der Waals surface area contributed by atoms with Gasteiger partial charge in [0.15, 0.2) is 0 Å². The van der Waals surface area contributed by atoms with Crippen molar-refractivity contribution in [2.75, 3.05) is 19.1 Å². The number of aryl methyl sites for hydroxylation is 1. The number of benzene rings is 1. The Labute approximate surface area is 113 Å². The minimum atomic E-state index is 0.0222. The molecule has 2 unspecified atom stereocenters. The highest BCUT2D eigenvalue weighted by Crippen LogP contribution is 2.22. The van der Waals surface area contributed by atoms with Crippen LogP contribution in [0.25, 0.3) is 0 Å². The lowest BCUT2D eigenvalue weighted by Gasteiger charge is -2.27. The number of hydrogen-bond acceptors (Lipinski definition) is 4. The number of amides is 1. The molecule has 5 heteroatoms. The lowest BCUT2D eigenvalue weighted by Crippen LogP contribution is -2.41. The van der Waals surface area contributed by atoms with E-state index in [1.807, 2.05) is 33.0 Å². The van der Waals surface area contributed by atoms with Crippen LogP contribution in [0.2, 0.25) is 0 Å². The second-order valence-corrected chi connectivity index (χ2v) is 5.02. The van der Waals surface area contributed by atoms with Gasteiger partial charge in [-0.25, -0.2) is 0 Å². The molecule has 1 saturated heterocycles. The molecule has 1 fully saturated rings. The fourth-order valence-electron chi connectivity index (χ4n) is 2.54. The van der Waals surface area contributed by atoms with Gasteiger partial charge in [0.25, 0.3) is 5.91 Å². The number of nitrogens with two attached hydrogens (primary N) is 1. The Bertz CT molecular complexity index is 476. The molecule has 1 aromatic rings. The van der Waals surface area contributed by atoms with Gasteiger partial charge in [-0.15, -0.1) is 0 Å². The Morgan fingerprint density at radius 2 is 2.26 bits per heavy atom. The SMILES string of the molecule is Cc1cc(C(=O)N(C)C2CCOC2C)ccc1NN. The summed E-state index contributed by atoms with van der Waals surface area (Å²) in [5.74, 6) is 5.41. The molecular weight excluding hydrogens is 242 g/mol. The van der Waals surface area contributed by atoms with Crippen molar-refractivity contribution in [1.82, 2.24) is 4.90 Å². The third-order valence-electron chi connectivity index (χ3n) is 3.78. The first-order valence-corrected chi connectivity index (χ1v) is 6.50. The zero-order chi connectivity index (χ0) is 14.0. The van der Waals surface area contributed by atoms with Crippen molar-refractivity contribution in [3.8, 4) is 0 Å². The molecule has 0 bridgehead atoms. The quantitative estimate of drug-likeness (QED) is 0.641. The van der Waals surface area contributed by atoms with Crippen molar-refractivity contribution in [3.05, 3.63) is 29.3 Å². The van der Waals surface area contributed by atoms with E-state index in [1.54, 1.807) is 11.0 Å². The maximum atomic E-state index is 12.4. The Morgan fingerprint density at radius 3 is 2.79 bits per heavy atom. The Balaban J connectivity index is 2.17. The summed E-state index contributed by atoms with van der Waals surface area (Å²) in [6.07, 6.45) is 0.991. The molecule has 0 saturated carbocycles. The van der Waals surface area contributed by atoms with Gasteiger partial charge >= 0.3 is 0 Å². The summed E-state index contributed by atoms with van der Waals surface area (Å²) >= 11 is 0. The zero-order valence-corrected chi connectivity index (χ0v) is 11.6. The number of hydrogen-bond donors (Lipinski definition) is 2. The van der Waals surface area contributed by atoms with E-state index >= 15 is 0 Å². The topological polar surface area (TPSA) is 67.6 Å². The van der Waals surface area contributed by atoms with Gasteiger partial charge in [0, 0.05) is 19.2 Å². The predicted molar refractivity (Wildman–Crippen MR) is 74.9 cm³/mol. The van der Waals surface area contributed by atoms with E-state index in [2.05, 4.69) is 5.43 Å². The molecule has 0 radical (unpaired) electrons. The lowest BCUT2D eigenvalue weighted by molar-refractivity contribution is 0.0574. The van der Waals surface area contributed by atoms with Gasteiger partial charge in [-0.3, -0.25) is 10.6 Å². The average Bonchev–Trinajstić information content (AvgIpc) is 2.83. The zero-order valence-electron chi connectivity index (χ0n) is 11.6. The summed E-state index contributed by atoms with van der Waals surface area (Å²) < 4.78 is 5.51. The normalized spacial score (nSPS) is 22.3. The van der Waals surface area contributed by atoms with Crippen molar-refractivity contribution >= 4 is 11.6 Å². The summed E-state index contributed by atoms with van der Waals surface area (Å²) in [4.78, 5) is 14.2. The minimum absolute atomic E-state index is 0.0222. The van der Waals surface area contributed by atoms with E-state index < -0.39 is 0 Å². The number of hydrazine groups is 1. The van der Waals surface area contributed by atoms with Gasteiger partial charge in [-0.2, -0.15) is 0 Å². The van der Waals surface area contributed by atoms with Crippen LogP contribution in [0, 0.1) is 6.92 Å². The molecule has 19 heavy (non-hydrogen) atoms.